The van der Waals surface area contributed by atoms with Gasteiger partial charge in [-0.05, 0) is 35.1 Å². The molecule has 3 aromatic carbocycles. The third kappa shape index (κ3) is 6.84. The minimum atomic E-state index is -1.25. The molecule has 0 saturated heterocycles. The molecule has 0 saturated carbocycles. The lowest BCUT2D eigenvalue weighted by Crippen LogP contribution is -2.57. The van der Waals surface area contributed by atoms with Crippen LogP contribution in [0.2, 0.25) is 0 Å². The summed E-state index contributed by atoms with van der Waals surface area (Å²) in [6, 6.07) is 23.4. The van der Waals surface area contributed by atoms with Crippen LogP contribution in [0.15, 0.2) is 84.9 Å². The Balaban J connectivity index is 1.82. The highest BCUT2D eigenvalue weighted by Gasteiger charge is 2.44. The summed E-state index contributed by atoms with van der Waals surface area (Å²) in [6.45, 7) is 7.47. The molecule has 3 aromatic rings. The standard InChI is InChI=1S/C33H36N2O5/c1-23(36)35-28(32(39)40-22-25-15-9-6-10-16-25)19-30(37)26-17-11-12-18-27(26)34(21-24-13-7-5-8-14-24)31(38)29(35)20-33(2,3)4/h5-18,28-29H,19-22H2,1-4H3/t28-,29+/m0/s1. The summed E-state index contributed by atoms with van der Waals surface area (Å²) in [4.78, 5) is 58.1. The quantitative estimate of drug-likeness (QED) is 0.382. The van der Waals surface area contributed by atoms with Crippen LogP contribution >= 0.6 is 0 Å². The number of rotatable bonds is 6. The van der Waals surface area contributed by atoms with E-state index >= 15 is 0 Å². The molecule has 40 heavy (non-hydrogen) atoms. The monoisotopic (exact) mass is 540 g/mol. The van der Waals surface area contributed by atoms with Crippen LogP contribution in [0.3, 0.4) is 0 Å². The number of ether oxygens (including phenoxy) is 1. The number of hydrogen-bond donors (Lipinski definition) is 0. The lowest BCUT2D eigenvalue weighted by Gasteiger charge is -2.39. The molecule has 0 N–H and O–H groups in total. The van der Waals surface area contributed by atoms with E-state index in [0.717, 1.165) is 11.1 Å². The van der Waals surface area contributed by atoms with Crippen molar-refractivity contribution in [2.24, 2.45) is 5.41 Å². The number of esters is 1. The summed E-state index contributed by atoms with van der Waals surface area (Å²) in [6.07, 6.45) is -0.00710. The largest absolute Gasteiger partial charge is 0.459 e. The van der Waals surface area contributed by atoms with Crippen LogP contribution in [0.4, 0.5) is 5.69 Å². The minimum absolute atomic E-state index is 0.00921. The van der Waals surface area contributed by atoms with Gasteiger partial charge in [-0.2, -0.15) is 0 Å². The molecule has 1 aliphatic rings. The molecule has 208 valence electrons. The average Bonchev–Trinajstić information content (AvgIpc) is 2.96. The first kappa shape index (κ1) is 28.7. The van der Waals surface area contributed by atoms with Gasteiger partial charge < -0.3 is 14.5 Å². The Morgan fingerprint density at radius 2 is 1.43 bits per heavy atom. The van der Waals surface area contributed by atoms with Gasteiger partial charge in [0.05, 0.1) is 12.2 Å². The summed E-state index contributed by atoms with van der Waals surface area (Å²) < 4.78 is 5.65. The van der Waals surface area contributed by atoms with Crippen molar-refractivity contribution in [3.63, 3.8) is 0 Å². The van der Waals surface area contributed by atoms with Crippen LogP contribution < -0.4 is 4.90 Å². The molecule has 7 heteroatoms. The van der Waals surface area contributed by atoms with E-state index in [1.165, 1.54) is 11.8 Å². The molecule has 0 fully saturated rings. The van der Waals surface area contributed by atoms with Gasteiger partial charge >= 0.3 is 5.97 Å². The van der Waals surface area contributed by atoms with Crippen molar-refractivity contribution in [2.75, 3.05) is 4.90 Å². The molecule has 0 aliphatic carbocycles. The van der Waals surface area contributed by atoms with E-state index in [1.807, 2.05) is 81.4 Å². The van der Waals surface area contributed by atoms with Crippen molar-refractivity contribution in [3.05, 3.63) is 102 Å². The van der Waals surface area contributed by atoms with Gasteiger partial charge in [0.15, 0.2) is 5.78 Å². The lowest BCUT2D eigenvalue weighted by atomic mass is 9.86. The van der Waals surface area contributed by atoms with Gasteiger partial charge in [-0.15, -0.1) is 0 Å². The first-order valence-corrected chi connectivity index (χ1v) is 13.5. The SMILES string of the molecule is CC(=O)N1[C@H](CC(C)(C)C)C(=O)N(Cc2ccccc2)c2ccccc2C(=O)C[C@H]1C(=O)OCc1ccccc1. The van der Waals surface area contributed by atoms with Gasteiger partial charge in [-0.1, -0.05) is 93.6 Å². The van der Waals surface area contributed by atoms with E-state index in [2.05, 4.69) is 0 Å². The van der Waals surface area contributed by atoms with Crippen LogP contribution in [-0.4, -0.2) is 40.6 Å². The Morgan fingerprint density at radius 1 is 0.850 bits per heavy atom. The predicted octanol–water partition coefficient (Wildman–Crippen LogP) is 5.57. The van der Waals surface area contributed by atoms with Crippen molar-refractivity contribution in [1.82, 2.24) is 4.90 Å². The van der Waals surface area contributed by atoms with E-state index in [1.54, 1.807) is 29.2 Å². The molecule has 4 rings (SSSR count). The Hall–Kier alpha value is -4.26. The maximum absolute atomic E-state index is 14.5. The van der Waals surface area contributed by atoms with Crippen molar-refractivity contribution in [1.29, 1.82) is 0 Å². The van der Waals surface area contributed by atoms with Gasteiger partial charge in [0.1, 0.15) is 18.7 Å². The molecule has 0 spiro atoms. The van der Waals surface area contributed by atoms with Crippen LogP contribution in [-0.2, 0) is 32.3 Å². The third-order valence-electron chi connectivity index (χ3n) is 6.95. The zero-order valence-corrected chi connectivity index (χ0v) is 23.5. The second kappa shape index (κ2) is 12.3. The number of fused-ring (bicyclic) bond motifs is 1. The molecular weight excluding hydrogens is 504 g/mol. The molecule has 0 radical (unpaired) electrons. The molecule has 7 nitrogen and oxygen atoms in total. The number of anilines is 1. The zero-order chi connectivity index (χ0) is 28.9. The van der Waals surface area contributed by atoms with Crippen LogP contribution in [0.1, 0.15) is 62.0 Å². The average molecular weight is 541 g/mol. The molecule has 0 aromatic heterocycles. The van der Waals surface area contributed by atoms with Gasteiger partial charge in [0.25, 0.3) is 0 Å². The maximum Gasteiger partial charge on any atom is 0.329 e. The number of nitrogens with zero attached hydrogens (tertiary/aromatic N) is 2. The number of para-hydroxylation sites is 1. The van der Waals surface area contributed by atoms with Crippen LogP contribution in [0.25, 0.3) is 0 Å². The summed E-state index contributed by atoms with van der Waals surface area (Å²) >= 11 is 0. The fourth-order valence-electron chi connectivity index (χ4n) is 5.12. The minimum Gasteiger partial charge on any atom is -0.459 e. The fourth-order valence-corrected chi connectivity index (χ4v) is 5.12. The normalized spacial score (nSPS) is 17.9. The maximum atomic E-state index is 14.5. The van der Waals surface area contributed by atoms with Crippen LogP contribution in [0, 0.1) is 5.41 Å². The topological polar surface area (TPSA) is 84.0 Å². The number of carbonyl (C=O) groups is 4. The number of carbonyl (C=O) groups excluding carboxylic acids is 4. The van der Waals surface area contributed by atoms with Crippen molar-refractivity contribution in [3.8, 4) is 0 Å². The molecule has 2 amide bonds. The molecule has 0 bridgehead atoms. The lowest BCUT2D eigenvalue weighted by molar-refractivity contribution is -0.159. The van der Waals surface area contributed by atoms with E-state index in [-0.39, 0.29) is 43.1 Å². The number of amides is 2. The Labute approximate surface area is 235 Å². The van der Waals surface area contributed by atoms with E-state index in [0.29, 0.717) is 11.3 Å². The number of benzene rings is 3. The Kier molecular flexibility index (Phi) is 8.83. The Morgan fingerprint density at radius 3 is 2.02 bits per heavy atom. The van der Waals surface area contributed by atoms with Crippen molar-refractivity contribution in [2.45, 2.75) is 65.8 Å². The molecule has 1 heterocycles. The molecule has 2 atom stereocenters. The highest BCUT2D eigenvalue weighted by Crippen LogP contribution is 2.33. The zero-order valence-electron chi connectivity index (χ0n) is 23.5. The number of hydrogen-bond acceptors (Lipinski definition) is 5. The van der Waals surface area contributed by atoms with Gasteiger partial charge in [-0.3, -0.25) is 14.4 Å². The van der Waals surface area contributed by atoms with Gasteiger partial charge in [0, 0.05) is 18.9 Å². The summed E-state index contributed by atoms with van der Waals surface area (Å²) in [5.74, 6) is -1.88. The molecule has 0 unspecified atom stereocenters. The Bertz CT molecular complexity index is 1360. The smallest absolute Gasteiger partial charge is 0.329 e. The highest BCUT2D eigenvalue weighted by molar-refractivity contribution is 6.10. The first-order valence-electron chi connectivity index (χ1n) is 13.5. The van der Waals surface area contributed by atoms with Crippen molar-refractivity contribution >= 4 is 29.3 Å². The van der Waals surface area contributed by atoms with E-state index in [9.17, 15) is 19.2 Å². The fraction of sp³-hybridized carbons (Fsp3) is 0.333. The highest BCUT2D eigenvalue weighted by atomic mass is 16.5. The third-order valence-corrected chi connectivity index (χ3v) is 6.95. The number of ketones is 1. The van der Waals surface area contributed by atoms with Gasteiger partial charge in [-0.25, -0.2) is 4.79 Å². The van der Waals surface area contributed by atoms with E-state index < -0.39 is 24.0 Å². The molecular formula is C33H36N2O5. The van der Waals surface area contributed by atoms with Crippen LogP contribution in [0.5, 0.6) is 0 Å². The second-order valence-electron chi connectivity index (χ2n) is 11.4. The second-order valence-corrected chi connectivity index (χ2v) is 11.4. The summed E-state index contributed by atoms with van der Waals surface area (Å²) in [5, 5.41) is 0. The first-order chi connectivity index (χ1) is 19.0. The molecule has 1 aliphatic heterocycles. The van der Waals surface area contributed by atoms with Crippen molar-refractivity contribution < 1.29 is 23.9 Å². The predicted molar refractivity (Wildman–Crippen MR) is 153 cm³/mol. The number of Topliss-reactive ketones (excluding diaryl/α,β-unsaturated/α-hetero) is 1. The van der Waals surface area contributed by atoms with Gasteiger partial charge in [0.2, 0.25) is 11.8 Å². The van der Waals surface area contributed by atoms with E-state index in [4.69, 9.17) is 4.74 Å². The summed E-state index contributed by atoms with van der Waals surface area (Å²) in [5.41, 5.74) is 2.07. The summed E-state index contributed by atoms with van der Waals surface area (Å²) in [7, 11) is 0.